The molecule has 3 nitrogen and oxygen atoms in total. The molecule has 1 aromatic rings. The molecule has 0 spiro atoms. The predicted octanol–water partition coefficient (Wildman–Crippen LogP) is 2.69. The first-order valence-electron chi connectivity index (χ1n) is 5.52. The summed E-state index contributed by atoms with van der Waals surface area (Å²) in [5.74, 6) is 0. The van der Waals surface area contributed by atoms with Crippen molar-refractivity contribution in [1.82, 2.24) is 4.98 Å². The maximum absolute atomic E-state index is 12.5. The first kappa shape index (κ1) is 12.2. The number of aromatic nitrogens is 1. The Morgan fingerprint density at radius 2 is 2.18 bits per heavy atom. The monoisotopic (exact) mass is 245 g/mol. The molecule has 2 atom stereocenters. The third-order valence-electron chi connectivity index (χ3n) is 2.96. The minimum Gasteiger partial charge on any atom is -0.381 e. The van der Waals surface area contributed by atoms with E-state index >= 15 is 0 Å². The van der Waals surface area contributed by atoms with Gasteiger partial charge in [0.1, 0.15) is 5.69 Å². The molecule has 0 amide bonds. The maximum Gasteiger partial charge on any atom is 0.433 e. The Hall–Kier alpha value is -1.30. The number of nitrogens with two attached hydrogens (primary N) is 1. The molecule has 17 heavy (non-hydrogen) atoms. The molecule has 0 fully saturated rings. The number of nitrogens with zero attached hydrogens (tertiary/aromatic N) is 1. The van der Waals surface area contributed by atoms with E-state index < -0.39 is 17.9 Å². The van der Waals surface area contributed by atoms with Gasteiger partial charge in [0.15, 0.2) is 0 Å². The van der Waals surface area contributed by atoms with E-state index in [2.05, 4.69) is 10.3 Å². The molecule has 0 aromatic carbocycles. The van der Waals surface area contributed by atoms with E-state index in [4.69, 9.17) is 5.73 Å². The fourth-order valence-corrected chi connectivity index (χ4v) is 2.00. The molecule has 2 unspecified atom stereocenters. The largest absolute Gasteiger partial charge is 0.433 e. The van der Waals surface area contributed by atoms with Crippen molar-refractivity contribution in [1.29, 1.82) is 0 Å². The number of hydrogen-bond acceptors (Lipinski definition) is 3. The van der Waals surface area contributed by atoms with Crippen LogP contribution in [-0.4, -0.2) is 11.0 Å². The summed E-state index contributed by atoms with van der Waals surface area (Å²) < 4.78 is 37.5. The van der Waals surface area contributed by atoms with Crippen molar-refractivity contribution in [3.8, 4) is 0 Å². The lowest BCUT2D eigenvalue weighted by Crippen LogP contribution is -2.32. The second-order valence-corrected chi connectivity index (χ2v) is 4.22. The Balaban J connectivity index is 2.37. The van der Waals surface area contributed by atoms with Gasteiger partial charge in [-0.15, -0.1) is 0 Å². The van der Waals surface area contributed by atoms with Gasteiger partial charge in [0.25, 0.3) is 0 Å². The maximum atomic E-state index is 12.5. The summed E-state index contributed by atoms with van der Waals surface area (Å²) in [7, 11) is 0. The minimum absolute atomic E-state index is 0.205. The summed E-state index contributed by atoms with van der Waals surface area (Å²) in [6, 6.07) is 2.17. The van der Waals surface area contributed by atoms with Gasteiger partial charge in [-0.2, -0.15) is 13.2 Å². The molecular formula is C11H14F3N3. The Labute approximate surface area is 97.2 Å². The van der Waals surface area contributed by atoms with Crippen LogP contribution in [0, 0.1) is 0 Å². The fourth-order valence-electron chi connectivity index (χ4n) is 2.00. The van der Waals surface area contributed by atoms with Crippen LogP contribution < -0.4 is 11.1 Å². The van der Waals surface area contributed by atoms with E-state index in [9.17, 15) is 13.2 Å². The molecule has 2 rings (SSSR count). The molecule has 0 aliphatic carbocycles. The van der Waals surface area contributed by atoms with Gasteiger partial charge < -0.3 is 11.1 Å². The molecule has 1 aliphatic heterocycles. The van der Waals surface area contributed by atoms with Crippen LogP contribution in [0.2, 0.25) is 0 Å². The molecule has 3 N–H and O–H groups in total. The first-order valence-corrected chi connectivity index (χ1v) is 5.52. The molecule has 2 heterocycles. The van der Waals surface area contributed by atoms with Crippen LogP contribution in [0.3, 0.4) is 0 Å². The molecule has 6 heteroatoms. The molecule has 1 aromatic heterocycles. The van der Waals surface area contributed by atoms with Gasteiger partial charge in [-0.1, -0.05) is 6.92 Å². The van der Waals surface area contributed by atoms with Gasteiger partial charge in [-0.25, -0.2) is 4.98 Å². The van der Waals surface area contributed by atoms with E-state index in [1.807, 2.05) is 6.92 Å². The summed E-state index contributed by atoms with van der Waals surface area (Å²) >= 11 is 0. The summed E-state index contributed by atoms with van der Waals surface area (Å²) in [5.41, 5.74) is 5.89. The Morgan fingerprint density at radius 3 is 2.76 bits per heavy atom. The second-order valence-electron chi connectivity index (χ2n) is 4.22. The van der Waals surface area contributed by atoms with Gasteiger partial charge in [0.05, 0.1) is 17.4 Å². The number of alkyl halides is 3. The van der Waals surface area contributed by atoms with Crippen molar-refractivity contribution in [2.75, 3.05) is 5.32 Å². The van der Waals surface area contributed by atoms with E-state index in [1.165, 1.54) is 6.07 Å². The van der Waals surface area contributed by atoms with Crippen molar-refractivity contribution in [2.24, 2.45) is 5.73 Å². The van der Waals surface area contributed by atoms with Crippen molar-refractivity contribution in [3.05, 3.63) is 23.5 Å². The SMILES string of the molecule is CCC1CC(N)c2nc(C(F)(F)F)ccc2N1. The molecule has 0 saturated heterocycles. The lowest BCUT2D eigenvalue weighted by molar-refractivity contribution is -0.141. The van der Waals surface area contributed by atoms with Crippen LogP contribution in [0.4, 0.5) is 18.9 Å². The van der Waals surface area contributed by atoms with Crippen LogP contribution in [-0.2, 0) is 6.18 Å². The van der Waals surface area contributed by atoms with Crippen molar-refractivity contribution < 1.29 is 13.2 Å². The molecular weight excluding hydrogens is 231 g/mol. The number of pyridine rings is 1. The van der Waals surface area contributed by atoms with Gasteiger partial charge in [-0.05, 0) is 25.0 Å². The summed E-state index contributed by atoms with van der Waals surface area (Å²) in [4.78, 5) is 3.62. The van der Waals surface area contributed by atoms with Gasteiger partial charge in [0.2, 0.25) is 0 Å². The number of fused-ring (bicyclic) bond motifs is 1. The average molecular weight is 245 g/mol. The Bertz CT molecular complexity index is 417. The smallest absolute Gasteiger partial charge is 0.381 e. The zero-order valence-corrected chi connectivity index (χ0v) is 9.38. The first-order chi connectivity index (χ1) is 7.91. The van der Waals surface area contributed by atoms with Crippen molar-refractivity contribution >= 4 is 5.69 Å². The van der Waals surface area contributed by atoms with E-state index in [0.29, 0.717) is 17.8 Å². The fraction of sp³-hybridized carbons (Fsp3) is 0.545. The number of halogens is 3. The van der Waals surface area contributed by atoms with E-state index in [1.54, 1.807) is 0 Å². The number of hydrogen-bond donors (Lipinski definition) is 2. The average Bonchev–Trinajstić information content (AvgIpc) is 2.27. The Morgan fingerprint density at radius 1 is 1.47 bits per heavy atom. The van der Waals surface area contributed by atoms with E-state index in [-0.39, 0.29) is 6.04 Å². The summed E-state index contributed by atoms with van der Waals surface area (Å²) in [5, 5.41) is 3.15. The molecule has 1 aliphatic rings. The number of nitrogens with one attached hydrogen (secondary N) is 1. The van der Waals surface area contributed by atoms with Crippen molar-refractivity contribution in [2.45, 2.75) is 38.0 Å². The molecule has 0 radical (unpaired) electrons. The lowest BCUT2D eigenvalue weighted by Gasteiger charge is -2.30. The zero-order chi connectivity index (χ0) is 12.6. The quantitative estimate of drug-likeness (QED) is 0.799. The van der Waals surface area contributed by atoms with Crippen LogP contribution in [0.25, 0.3) is 0 Å². The van der Waals surface area contributed by atoms with Crippen LogP contribution in [0.1, 0.15) is 37.2 Å². The highest BCUT2D eigenvalue weighted by Gasteiger charge is 2.34. The highest BCUT2D eigenvalue weighted by Crippen LogP contribution is 2.34. The highest BCUT2D eigenvalue weighted by molar-refractivity contribution is 5.53. The van der Waals surface area contributed by atoms with E-state index in [0.717, 1.165) is 12.5 Å². The third kappa shape index (κ3) is 2.36. The third-order valence-corrected chi connectivity index (χ3v) is 2.96. The predicted molar refractivity (Wildman–Crippen MR) is 58.5 cm³/mol. The normalized spacial score (nSPS) is 24.1. The van der Waals surface area contributed by atoms with Crippen LogP contribution in [0.15, 0.2) is 12.1 Å². The molecule has 94 valence electrons. The second kappa shape index (κ2) is 4.18. The highest BCUT2D eigenvalue weighted by atomic mass is 19.4. The van der Waals surface area contributed by atoms with Gasteiger partial charge in [0, 0.05) is 6.04 Å². The number of rotatable bonds is 1. The lowest BCUT2D eigenvalue weighted by atomic mass is 9.96. The summed E-state index contributed by atoms with van der Waals surface area (Å²) in [6.45, 7) is 2.01. The van der Waals surface area contributed by atoms with Crippen molar-refractivity contribution in [3.63, 3.8) is 0 Å². The van der Waals surface area contributed by atoms with Gasteiger partial charge >= 0.3 is 6.18 Å². The van der Waals surface area contributed by atoms with Crippen LogP contribution >= 0.6 is 0 Å². The minimum atomic E-state index is -4.42. The van der Waals surface area contributed by atoms with Crippen LogP contribution in [0.5, 0.6) is 0 Å². The zero-order valence-electron chi connectivity index (χ0n) is 9.38. The standard InChI is InChI=1S/C11H14F3N3/c1-2-6-5-7(15)10-8(16-6)3-4-9(17-10)11(12,13)14/h3-4,6-7,16H,2,5,15H2,1H3. The Kier molecular flexibility index (Phi) is 2.99. The molecule has 0 saturated carbocycles. The number of anilines is 1. The summed E-state index contributed by atoms with van der Waals surface area (Å²) in [6.07, 6.45) is -2.93. The molecule has 0 bridgehead atoms. The topological polar surface area (TPSA) is 50.9 Å². The van der Waals surface area contributed by atoms with Gasteiger partial charge in [-0.3, -0.25) is 0 Å².